The van der Waals surface area contributed by atoms with Crippen LogP contribution in [-0.2, 0) is 14.6 Å². The molecule has 0 aromatic heterocycles. The van der Waals surface area contributed by atoms with Gasteiger partial charge in [-0.1, -0.05) is 12.1 Å². The number of piperidine rings is 1. The molecule has 1 aromatic carbocycles. The summed E-state index contributed by atoms with van der Waals surface area (Å²) in [6.07, 6.45) is 1.35. The third-order valence-electron chi connectivity index (χ3n) is 4.48. The van der Waals surface area contributed by atoms with Gasteiger partial charge in [0.05, 0.1) is 13.7 Å². The maximum Gasteiger partial charge on any atom is 0.241 e. The Balaban J connectivity index is 0.00000338. The summed E-state index contributed by atoms with van der Waals surface area (Å²) in [4.78, 5) is 12.6. The number of ether oxygens (including phenoxy) is 2. The Morgan fingerprint density at radius 2 is 1.85 bits per heavy atom. The molecule has 0 radical (unpaired) electrons. The molecule has 1 aliphatic rings. The van der Waals surface area contributed by atoms with Crippen molar-refractivity contribution in [2.75, 3.05) is 33.0 Å². The molecule has 1 heterocycles. The third kappa shape index (κ3) is 5.02. The lowest BCUT2D eigenvalue weighted by molar-refractivity contribution is -0.124. The van der Waals surface area contributed by atoms with E-state index in [1.54, 1.807) is 19.2 Å². The van der Waals surface area contributed by atoms with Gasteiger partial charge < -0.3 is 20.1 Å². The second-order valence-electron chi connectivity index (χ2n) is 6.31. The Hall–Kier alpha value is -1.51. The average molecular weight is 407 g/mol. The van der Waals surface area contributed by atoms with Gasteiger partial charge in [-0.2, -0.15) is 0 Å². The van der Waals surface area contributed by atoms with Gasteiger partial charge in [-0.3, -0.25) is 4.79 Å². The van der Waals surface area contributed by atoms with Crippen LogP contribution in [0.1, 0.15) is 19.8 Å². The van der Waals surface area contributed by atoms with Crippen LogP contribution in [0.4, 0.5) is 0 Å². The highest BCUT2D eigenvalue weighted by Crippen LogP contribution is 2.29. The highest BCUT2D eigenvalue weighted by molar-refractivity contribution is 7.92. The lowest BCUT2D eigenvalue weighted by Gasteiger charge is -2.34. The molecule has 0 saturated carbocycles. The van der Waals surface area contributed by atoms with Crippen molar-refractivity contribution in [2.45, 2.75) is 30.6 Å². The number of carbonyl (C=O) groups is 1. The Kier molecular flexibility index (Phi) is 8.17. The highest BCUT2D eigenvalue weighted by Gasteiger charge is 2.48. The number of hydrogen-bond donors (Lipinski definition) is 2. The lowest BCUT2D eigenvalue weighted by Crippen LogP contribution is -2.58. The predicted octanol–water partition coefficient (Wildman–Crippen LogP) is 1.17. The topological polar surface area (TPSA) is 93.7 Å². The van der Waals surface area contributed by atoms with Gasteiger partial charge in [-0.05, 0) is 45.0 Å². The summed E-state index contributed by atoms with van der Waals surface area (Å²) in [7, 11) is -1.96. The molecule has 7 nitrogen and oxygen atoms in total. The predicted molar refractivity (Wildman–Crippen MR) is 103 cm³/mol. The van der Waals surface area contributed by atoms with E-state index < -0.39 is 20.5 Å². The van der Waals surface area contributed by atoms with Gasteiger partial charge in [-0.15, -0.1) is 12.4 Å². The first-order valence-corrected chi connectivity index (χ1v) is 10.2. The van der Waals surface area contributed by atoms with E-state index in [0.29, 0.717) is 24.6 Å². The van der Waals surface area contributed by atoms with E-state index in [1.165, 1.54) is 0 Å². The van der Waals surface area contributed by atoms with E-state index in [2.05, 4.69) is 10.6 Å². The van der Waals surface area contributed by atoms with Crippen LogP contribution in [0.3, 0.4) is 0 Å². The zero-order valence-electron chi connectivity index (χ0n) is 15.3. The van der Waals surface area contributed by atoms with Crippen molar-refractivity contribution in [3.05, 3.63) is 24.3 Å². The summed E-state index contributed by atoms with van der Waals surface area (Å²) < 4.78 is 34.1. The number of methoxy groups -OCH3 is 1. The molecule has 0 bridgehead atoms. The van der Waals surface area contributed by atoms with Gasteiger partial charge in [0, 0.05) is 6.26 Å². The normalized spacial score (nSPS) is 17.5. The van der Waals surface area contributed by atoms with Gasteiger partial charge >= 0.3 is 0 Å². The fourth-order valence-electron chi connectivity index (χ4n) is 2.97. The van der Waals surface area contributed by atoms with E-state index in [0.717, 1.165) is 6.26 Å². The quantitative estimate of drug-likeness (QED) is 0.705. The Bertz CT molecular complexity index is 705. The fraction of sp³-hybridized carbons (Fsp3) is 0.588. The molecule has 1 aliphatic heterocycles. The smallest absolute Gasteiger partial charge is 0.241 e. The first kappa shape index (κ1) is 22.5. The Morgan fingerprint density at radius 1 is 1.27 bits per heavy atom. The zero-order valence-corrected chi connectivity index (χ0v) is 16.9. The number of hydrogen-bond acceptors (Lipinski definition) is 6. The van der Waals surface area contributed by atoms with Crippen LogP contribution in [0.25, 0.3) is 0 Å². The molecule has 0 aliphatic carbocycles. The van der Waals surface area contributed by atoms with Gasteiger partial charge in [0.1, 0.15) is 6.10 Å². The SMILES string of the molecule is COc1ccccc1OC(C)CNC(=O)C1(S(C)(=O)=O)CCNCC1.Cl. The summed E-state index contributed by atoms with van der Waals surface area (Å²) in [5.41, 5.74) is 0. The summed E-state index contributed by atoms with van der Waals surface area (Å²) in [6, 6.07) is 7.23. The van der Waals surface area contributed by atoms with Gasteiger partial charge in [-0.25, -0.2) is 8.42 Å². The maximum atomic E-state index is 12.6. The summed E-state index contributed by atoms with van der Waals surface area (Å²) in [6.45, 7) is 3.03. The molecule has 1 amide bonds. The molecule has 1 aromatic rings. The number of rotatable bonds is 7. The van der Waals surface area contributed by atoms with Crippen molar-refractivity contribution < 1.29 is 22.7 Å². The molecule has 1 unspecified atom stereocenters. The van der Waals surface area contributed by atoms with Crippen molar-refractivity contribution in [2.24, 2.45) is 0 Å². The largest absolute Gasteiger partial charge is 0.493 e. The van der Waals surface area contributed by atoms with Crippen LogP contribution in [0, 0.1) is 0 Å². The summed E-state index contributed by atoms with van der Waals surface area (Å²) in [5, 5.41) is 5.84. The third-order valence-corrected chi connectivity index (χ3v) is 6.50. The molecule has 148 valence electrons. The zero-order chi connectivity index (χ0) is 18.5. The fourth-order valence-corrected chi connectivity index (χ4v) is 4.32. The number of para-hydroxylation sites is 2. The number of carbonyl (C=O) groups excluding carboxylic acids is 1. The second kappa shape index (κ2) is 9.43. The molecule has 9 heteroatoms. The number of benzene rings is 1. The lowest BCUT2D eigenvalue weighted by atomic mass is 9.96. The first-order chi connectivity index (χ1) is 11.8. The minimum Gasteiger partial charge on any atom is -0.493 e. The number of amides is 1. The van der Waals surface area contributed by atoms with E-state index in [9.17, 15) is 13.2 Å². The van der Waals surface area contributed by atoms with E-state index >= 15 is 0 Å². The van der Waals surface area contributed by atoms with Crippen LogP contribution in [0.5, 0.6) is 11.5 Å². The second-order valence-corrected chi connectivity index (χ2v) is 8.63. The highest BCUT2D eigenvalue weighted by atomic mass is 35.5. The first-order valence-electron chi connectivity index (χ1n) is 8.28. The monoisotopic (exact) mass is 406 g/mol. The number of sulfone groups is 1. The molecule has 1 fully saturated rings. The van der Waals surface area contributed by atoms with Crippen molar-refractivity contribution in [3.63, 3.8) is 0 Å². The van der Waals surface area contributed by atoms with Crippen molar-refractivity contribution in [1.29, 1.82) is 0 Å². The van der Waals surface area contributed by atoms with E-state index in [1.807, 2.05) is 19.1 Å². The van der Waals surface area contributed by atoms with Crippen molar-refractivity contribution in [1.82, 2.24) is 10.6 Å². The number of halogens is 1. The van der Waals surface area contributed by atoms with Crippen LogP contribution < -0.4 is 20.1 Å². The van der Waals surface area contributed by atoms with E-state index in [-0.39, 0.29) is 37.9 Å². The number of nitrogens with one attached hydrogen (secondary N) is 2. The van der Waals surface area contributed by atoms with Crippen molar-refractivity contribution >= 4 is 28.2 Å². The van der Waals surface area contributed by atoms with Gasteiger partial charge in [0.15, 0.2) is 26.1 Å². The molecular formula is C17H27ClN2O5S. The van der Waals surface area contributed by atoms with Crippen molar-refractivity contribution in [3.8, 4) is 11.5 Å². The molecule has 1 saturated heterocycles. The maximum absolute atomic E-state index is 12.6. The Labute approximate surface area is 161 Å². The minimum atomic E-state index is -3.52. The molecule has 2 N–H and O–H groups in total. The molecule has 2 rings (SSSR count). The Morgan fingerprint density at radius 3 is 2.38 bits per heavy atom. The summed E-state index contributed by atoms with van der Waals surface area (Å²) >= 11 is 0. The summed E-state index contributed by atoms with van der Waals surface area (Å²) in [5.74, 6) is 0.727. The molecule has 26 heavy (non-hydrogen) atoms. The standard InChI is InChI=1S/C17H26N2O5S.ClH/c1-13(24-15-7-5-4-6-14(15)23-2)12-19-16(20)17(25(3,21)22)8-10-18-11-9-17;/h4-7,13,18H,8-12H2,1-3H3,(H,19,20);1H. The van der Waals surface area contributed by atoms with E-state index in [4.69, 9.17) is 9.47 Å². The average Bonchev–Trinajstić information content (AvgIpc) is 2.59. The van der Waals surface area contributed by atoms with Crippen LogP contribution >= 0.6 is 12.4 Å². The minimum absolute atomic E-state index is 0. The van der Waals surface area contributed by atoms with Crippen LogP contribution in [-0.4, -0.2) is 58.2 Å². The van der Waals surface area contributed by atoms with Gasteiger partial charge in [0.25, 0.3) is 0 Å². The molecule has 0 spiro atoms. The van der Waals surface area contributed by atoms with Gasteiger partial charge in [0.2, 0.25) is 5.91 Å². The molecule has 1 atom stereocenters. The molecular weight excluding hydrogens is 380 g/mol. The van der Waals surface area contributed by atoms with Crippen LogP contribution in [0.15, 0.2) is 24.3 Å². The van der Waals surface area contributed by atoms with Crippen LogP contribution in [0.2, 0.25) is 0 Å².